The lowest BCUT2D eigenvalue weighted by molar-refractivity contribution is 0.159. The molecular weight excluding hydrogens is 290 g/mol. The average Bonchev–Trinajstić information content (AvgIpc) is 2.57. The Hall–Kier alpha value is -1.59. The van der Waals surface area contributed by atoms with Gasteiger partial charge in [-0.15, -0.1) is 0 Å². The van der Waals surface area contributed by atoms with Crippen LogP contribution in [0.15, 0.2) is 24.3 Å². The first-order chi connectivity index (χ1) is 11.1. The van der Waals surface area contributed by atoms with Gasteiger partial charge in [-0.2, -0.15) is 0 Å². The number of nitrogens with one attached hydrogen (secondary N) is 1. The van der Waals surface area contributed by atoms with Crippen molar-refractivity contribution < 1.29 is 9.53 Å². The molecule has 1 fully saturated rings. The Balaban J connectivity index is 1.83. The van der Waals surface area contributed by atoms with E-state index in [0.29, 0.717) is 19.1 Å². The van der Waals surface area contributed by atoms with Crippen molar-refractivity contribution in [3.05, 3.63) is 35.4 Å². The number of hydrogen-bond donors (Lipinski definition) is 1. The van der Waals surface area contributed by atoms with E-state index in [1.807, 2.05) is 19.0 Å². The van der Waals surface area contributed by atoms with Crippen LogP contribution in [0.1, 0.15) is 24.0 Å². The van der Waals surface area contributed by atoms with Gasteiger partial charge in [0.1, 0.15) is 0 Å². The first kappa shape index (κ1) is 17.8. The van der Waals surface area contributed by atoms with Gasteiger partial charge in [-0.05, 0) is 43.0 Å². The zero-order chi connectivity index (χ0) is 16.7. The molecule has 128 valence electrons. The van der Waals surface area contributed by atoms with Gasteiger partial charge in [0.15, 0.2) is 0 Å². The van der Waals surface area contributed by atoms with Gasteiger partial charge >= 0.3 is 6.03 Å². The van der Waals surface area contributed by atoms with Gasteiger partial charge in [0.05, 0.1) is 6.61 Å². The van der Waals surface area contributed by atoms with E-state index >= 15 is 0 Å². The Bertz CT molecular complexity index is 484. The molecule has 0 aliphatic carbocycles. The summed E-state index contributed by atoms with van der Waals surface area (Å²) in [5.74, 6) is 0.618. The van der Waals surface area contributed by atoms with Crippen molar-refractivity contribution in [3.63, 3.8) is 0 Å². The number of amides is 2. The maximum atomic E-state index is 12.5. The molecule has 1 aliphatic heterocycles. The summed E-state index contributed by atoms with van der Waals surface area (Å²) in [7, 11) is 5.46. The fraction of sp³-hybridized carbons (Fsp3) is 0.611. The summed E-state index contributed by atoms with van der Waals surface area (Å²) in [6.07, 6.45) is 2.31. The van der Waals surface area contributed by atoms with Gasteiger partial charge in [0.2, 0.25) is 0 Å². The highest BCUT2D eigenvalue weighted by Crippen LogP contribution is 2.14. The highest BCUT2D eigenvalue weighted by molar-refractivity contribution is 5.73. The highest BCUT2D eigenvalue weighted by Gasteiger charge is 2.20. The lowest BCUT2D eigenvalue weighted by atomic mass is 9.98. The first-order valence-corrected chi connectivity index (χ1v) is 8.34. The molecule has 1 heterocycles. The van der Waals surface area contributed by atoms with E-state index < -0.39 is 0 Å². The predicted molar refractivity (Wildman–Crippen MR) is 92.2 cm³/mol. The second-order valence-electron chi connectivity index (χ2n) is 6.46. The Labute approximate surface area is 139 Å². The number of urea groups is 1. The molecule has 0 saturated carbocycles. The van der Waals surface area contributed by atoms with Crippen LogP contribution in [0.4, 0.5) is 4.79 Å². The minimum Gasteiger partial charge on any atom is -0.380 e. The molecule has 5 heteroatoms. The Morgan fingerprint density at radius 3 is 2.35 bits per heavy atom. The number of piperidine rings is 1. The summed E-state index contributed by atoms with van der Waals surface area (Å²) in [5.41, 5.74) is 2.28. The normalized spacial score (nSPS) is 15.4. The number of rotatable bonds is 6. The van der Waals surface area contributed by atoms with E-state index in [2.05, 4.69) is 29.6 Å². The minimum atomic E-state index is 0.0875. The molecule has 0 aromatic heterocycles. The molecule has 0 bridgehead atoms. The zero-order valence-electron chi connectivity index (χ0n) is 14.5. The van der Waals surface area contributed by atoms with Crippen LogP contribution in [0.5, 0.6) is 0 Å². The maximum Gasteiger partial charge on any atom is 0.319 e. The van der Waals surface area contributed by atoms with Crippen LogP contribution in [-0.4, -0.2) is 56.7 Å². The molecule has 1 saturated heterocycles. The second kappa shape index (κ2) is 8.89. The molecule has 1 N–H and O–H groups in total. The summed E-state index contributed by atoms with van der Waals surface area (Å²) >= 11 is 0. The van der Waals surface area contributed by atoms with Crippen LogP contribution in [0.2, 0.25) is 0 Å². The molecule has 1 aromatic carbocycles. The molecule has 23 heavy (non-hydrogen) atoms. The van der Waals surface area contributed by atoms with Gasteiger partial charge in [-0.1, -0.05) is 24.3 Å². The SMILES string of the molecule is COCc1ccc(CN(C)C(=O)N(C)CC2CCNCC2)cc1. The first-order valence-electron chi connectivity index (χ1n) is 8.34. The van der Waals surface area contributed by atoms with Gasteiger partial charge in [-0.3, -0.25) is 0 Å². The number of methoxy groups -OCH3 is 1. The third kappa shape index (κ3) is 5.52. The number of hydrogen-bond acceptors (Lipinski definition) is 3. The Kier molecular flexibility index (Phi) is 6.86. The summed E-state index contributed by atoms with van der Waals surface area (Å²) in [6, 6.07) is 8.31. The predicted octanol–water partition coefficient (Wildman–Crippen LogP) is 2.32. The number of nitrogens with zero attached hydrogens (tertiary/aromatic N) is 2. The molecule has 5 nitrogen and oxygen atoms in total. The summed E-state index contributed by atoms with van der Waals surface area (Å²) in [4.78, 5) is 16.1. The third-order valence-corrected chi connectivity index (χ3v) is 4.40. The average molecular weight is 319 g/mol. The number of carbonyl (C=O) groups is 1. The lowest BCUT2D eigenvalue weighted by Crippen LogP contribution is -2.42. The number of carbonyl (C=O) groups excluding carboxylic acids is 1. The fourth-order valence-corrected chi connectivity index (χ4v) is 3.07. The molecule has 0 radical (unpaired) electrons. The minimum absolute atomic E-state index is 0.0875. The smallest absolute Gasteiger partial charge is 0.319 e. The lowest BCUT2D eigenvalue weighted by Gasteiger charge is -2.30. The maximum absolute atomic E-state index is 12.5. The Morgan fingerprint density at radius 2 is 1.74 bits per heavy atom. The largest absolute Gasteiger partial charge is 0.380 e. The van der Waals surface area contributed by atoms with Gasteiger partial charge in [0, 0.05) is 34.3 Å². The Morgan fingerprint density at radius 1 is 1.13 bits per heavy atom. The molecule has 1 aromatic rings. The quantitative estimate of drug-likeness (QED) is 0.875. The number of ether oxygens (including phenoxy) is 1. The second-order valence-corrected chi connectivity index (χ2v) is 6.46. The standard InChI is InChI=1S/C18H29N3O2/c1-20(12-15-4-6-17(7-5-15)14-23-3)18(22)21(2)13-16-8-10-19-11-9-16/h4-7,16,19H,8-14H2,1-3H3. The fourth-order valence-electron chi connectivity index (χ4n) is 3.07. The van der Waals surface area contributed by atoms with Crippen molar-refractivity contribution >= 4 is 6.03 Å². The van der Waals surface area contributed by atoms with Gasteiger partial charge < -0.3 is 19.9 Å². The number of benzene rings is 1. The molecule has 2 rings (SSSR count). The van der Waals surface area contributed by atoms with E-state index in [9.17, 15) is 4.79 Å². The molecular formula is C18H29N3O2. The summed E-state index contributed by atoms with van der Waals surface area (Å²) in [6.45, 7) is 4.22. The van der Waals surface area contributed by atoms with Crippen molar-refractivity contribution in [2.45, 2.75) is 26.0 Å². The molecule has 2 amide bonds. The summed E-state index contributed by atoms with van der Waals surface area (Å²) < 4.78 is 5.12. The zero-order valence-corrected chi connectivity index (χ0v) is 14.5. The van der Waals surface area contributed by atoms with Crippen LogP contribution in [-0.2, 0) is 17.9 Å². The third-order valence-electron chi connectivity index (χ3n) is 4.40. The van der Waals surface area contributed by atoms with E-state index in [0.717, 1.165) is 43.6 Å². The van der Waals surface area contributed by atoms with Crippen LogP contribution < -0.4 is 5.32 Å². The van der Waals surface area contributed by atoms with E-state index in [1.54, 1.807) is 12.0 Å². The summed E-state index contributed by atoms with van der Waals surface area (Å²) in [5, 5.41) is 3.36. The monoisotopic (exact) mass is 319 g/mol. The van der Waals surface area contributed by atoms with Crippen molar-refractivity contribution in [1.82, 2.24) is 15.1 Å². The van der Waals surface area contributed by atoms with E-state index in [4.69, 9.17) is 4.74 Å². The molecule has 1 aliphatic rings. The van der Waals surface area contributed by atoms with E-state index in [1.165, 1.54) is 0 Å². The van der Waals surface area contributed by atoms with E-state index in [-0.39, 0.29) is 6.03 Å². The van der Waals surface area contributed by atoms with Crippen LogP contribution in [0.3, 0.4) is 0 Å². The van der Waals surface area contributed by atoms with Crippen molar-refractivity contribution in [2.75, 3.05) is 40.8 Å². The van der Waals surface area contributed by atoms with Crippen molar-refractivity contribution in [3.8, 4) is 0 Å². The molecule has 0 spiro atoms. The van der Waals surface area contributed by atoms with Gasteiger partial charge in [-0.25, -0.2) is 4.79 Å². The molecule has 0 atom stereocenters. The highest BCUT2D eigenvalue weighted by atomic mass is 16.5. The van der Waals surface area contributed by atoms with Crippen LogP contribution in [0.25, 0.3) is 0 Å². The molecule has 0 unspecified atom stereocenters. The van der Waals surface area contributed by atoms with Crippen molar-refractivity contribution in [2.24, 2.45) is 5.92 Å². The van der Waals surface area contributed by atoms with Crippen LogP contribution in [0, 0.1) is 5.92 Å². The topological polar surface area (TPSA) is 44.8 Å². The van der Waals surface area contributed by atoms with Gasteiger partial charge in [0.25, 0.3) is 0 Å². The van der Waals surface area contributed by atoms with Crippen LogP contribution >= 0.6 is 0 Å². The van der Waals surface area contributed by atoms with Crippen molar-refractivity contribution in [1.29, 1.82) is 0 Å².